The fourth-order valence-electron chi connectivity index (χ4n) is 5.80. The van der Waals surface area contributed by atoms with Crippen LogP contribution in [0.5, 0.6) is 0 Å². The monoisotopic (exact) mass is 635 g/mol. The molecule has 1 aromatic heterocycles. The molecular weight excluding hydrogens is 594 g/mol. The van der Waals surface area contributed by atoms with Gasteiger partial charge in [-0.25, -0.2) is 18.7 Å². The number of unbranched alkanes of at least 4 members (excludes halogenated alkanes) is 3. The van der Waals surface area contributed by atoms with Crippen molar-refractivity contribution in [2.75, 3.05) is 40.2 Å². The zero-order chi connectivity index (χ0) is 33.7. The average Bonchev–Trinajstić information content (AvgIpc) is 3.07. The van der Waals surface area contributed by atoms with Gasteiger partial charge >= 0.3 is 11.9 Å². The molecule has 0 unspecified atom stereocenters. The number of esters is 1. The van der Waals surface area contributed by atoms with E-state index in [-0.39, 0.29) is 17.3 Å². The Morgan fingerprint density at radius 1 is 0.894 bits per heavy atom. The van der Waals surface area contributed by atoms with Gasteiger partial charge in [-0.1, -0.05) is 18.6 Å². The van der Waals surface area contributed by atoms with Gasteiger partial charge in [0.2, 0.25) is 5.36 Å². The molecule has 47 heavy (non-hydrogen) atoms. The number of hydrogen-bond acceptors (Lipinski definition) is 6. The van der Waals surface area contributed by atoms with Gasteiger partial charge in [-0.05, 0) is 48.7 Å². The summed E-state index contributed by atoms with van der Waals surface area (Å²) in [4.78, 5) is 39.7. The highest BCUT2D eigenvalue weighted by molar-refractivity contribution is 6.09. The van der Waals surface area contributed by atoms with E-state index in [4.69, 9.17) is 9.15 Å². The first-order valence-electron chi connectivity index (χ1n) is 15.7. The minimum Gasteiger partial charge on any atom is -0.478 e. The van der Waals surface area contributed by atoms with Crippen molar-refractivity contribution in [2.45, 2.75) is 38.6 Å². The summed E-state index contributed by atoms with van der Waals surface area (Å²) >= 11 is 0. The number of carbonyl (C=O) groups is 3. The Labute approximate surface area is 274 Å². The van der Waals surface area contributed by atoms with Gasteiger partial charge in [-0.2, -0.15) is 0 Å². The number of ketones is 1. The smallest absolute Gasteiger partial charge is 0.343 e. The van der Waals surface area contributed by atoms with E-state index in [0.717, 1.165) is 53.4 Å². The molecule has 9 heteroatoms. The van der Waals surface area contributed by atoms with Gasteiger partial charge in [-0.3, -0.25) is 4.79 Å². The molecule has 5 rings (SSSR count). The summed E-state index contributed by atoms with van der Waals surface area (Å²) in [7, 11) is 9.19. The number of pyridine rings is 1. The van der Waals surface area contributed by atoms with Crippen molar-refractivity contribution < 1.29 is 33.2 Å². The number of fused-ring (bicyclic) bond motifs is 2. The molecule has 0 amide bonds. The zero-order valence-electron chi connectivity index (χ0n) is 27.6. The summed E-state index contributed by atoms with van der Waals surface area (Å²) in [6.07, 6.45) is 7.41. The predicted octanol–water partition coefficient (Wildman–Crippen LogP) is 5.91. The molecule has 3 aromatic rings. The highest BCUT2D eigenvalue weighted by Gasteiger charge is 2.23. The molecule has 0 fully saturated rings. The summed E-state index contributed by atoms with van der Waals surface area (Å²) in [5.41, 5.74) is 4.64. The van der Waals surface area contributed by atoms with Crippen molar-refractivity contribution in [3.63, 3.8) is 0 Å². The third-order valence-corrected chi connectivity index (χ3v) is 8.41. The third-order valence-electron chi connectivity index (χ3n) is 8.41. The van der Waals surface area contributed by atoms with E-state index in [0.29, 0.717) is 40.9 Å². The Hall–Kier alpha value is -5.31. The maximum Gasteiger partial charge on any atom is 0.343 e. The lowest BCUT2D eigenvalue weighted by Crippen LogP contribution is -2.33. The molecule has 0 saturated carbocycles. The molecule has 0 atom stereocenters. The van der Waals surface area contributed by atoms with Gasteiger partial charge in [0.15, 0.2) is 18.2 Å². The predicted molar refractivity (Wildman–Crippen MR) is 182 cm³/mol. The molecule has 9 nitrogen and oxygen atoms in total. The van der Waals surface area contributed by atoms with Crippen LogP contribution in [-0.2, 0) is 11.3 Å². The second-order valence-corrected chi connectivity index (χ2v) is 12.1. The lowest BCUT2D eigenvalue weighted by Gasteiger charge is -2.19. The van der Waals surface area contributed by atoms with Crippen molar-refractivity contribution in [2.24, 2.45) is 0 Å². The van der Waals surface area contributed by atoms with Crippen molar-refractivity contribution in [1.82, 2.24) is 4.58 Å². The van der Waals surface area contributed by atoms with Crippen LogP contribution in [0.2, 0.25) is 0 Å². The van der Waals surface area contributed by atoms with Crippen LogP contribution in [0.15, 0.2) is 83.5 Å². The number of aromatic carboxylic acids is 1. The quantitative estimate of drug-likeness (QED) is 0.0598. The number of benzene rings is 3. The number of carboxylic acids is 1. The van der Waals surface area contributed by atoms with Crippen LogP contribution >= 0.6 is 0 Å². The highest BCUT2D eigenvalue weighted by atomic mass is 16.5. The van der Waals surface area contributed by atoms with Gasteiger partial charge in [0.05, 0.1) is 18.7 Å². The first-order valence-corrected chi connectivity index (χ1v) is 15.7. The minimum atomic E-state index is -1.10. The number of aryl methyl sites for hydroxylation is 1. The summed E-state index contributed by atoms with van der Waals surface area (Å²) in [6.45, 7) is 0.755. The second kappa shape index (κ2) is 14.4. The van der Waals surface area contributed by atoms with Crippen LogP contribution < -0.4 is 19.4 Å². The Kier molecular flexibility index (Phi) is 10.1. The number of carboxylic acid groups (broad SMARTS) is 1. The number of carbonyl (C=O) groups excluding carboxylic acids is 2. The van der Waals surface area contributed by atoms with Gasteiger partial charge < -0.3 is 19.2 Å². The fraction of sp³-hybridized carbons (Fsp3) is 0.289. The van der Waals surface area contributed by atoms with Gasteiger partial charge in [-0.15, -0.1) is 0 Å². The number of methoxy groups -OCH3 is 1. The number of ether oxygens (including phenoxy) is 1. The minimum absolute atomic E-state index is 0.0734. The van der Waals surface area contributed by atoms with Crippen molar-refractivity contribution in [3.8, 4) is 22.5 Å². The lowest BCUT2D eigenvalue weighted by molar-refractivity contribution is -0.697. The summed E-state index contributed by atoms with van der Waals surface area (Å²) in [5, 5.41) is 12.1. The van der Waals surface area contributed by atoms with E-state index in [2.05, 4.69) is 0 Å². The molecule has 1 aliphatic carbocycles. The Morgan fingerprint density at radius 3 is 2.38 bits per heavy atom. The molecule has 0 bridgehead atoms. The first-order chi connectivity index (χ1) is 22.6. The van der Waals surface area contributed by atoms with E-state index < -0.39 is 5.97 Å². The summed E-state index contributed by atoms with van der Waals surface area (Å²) < 4.78 is 15.1. The molecule has 1 aliphatic heterocycles. The molecule has 0 spiro atoms. The van der Waals surface area contributed by atoms with Crippen molar-refractivity contribution in [3.05, 3.63) is 101 Å². The third kappa shape index (κ3) is 7.41. The van der Waals surface area contributed by atoms with Crippen LogP contribution in [0, 0.1) is 0 Å². The average molecular weight is 636 g/mol. The largest absolute Gasteiger partial charge is 0.478 e. The van der Waals surface area contributed by atoms with Crippen molar-refractivity contribution in [1.29, 1.82) is 0 Å². The highest BCUT2D eigenvalue weighted by Crippen LogP contribution is 2.42. The van der Waals surface area contributed by atoms with Crippen LogP contribution in [-0.4, -0.2) is 58.1 Å². The van der Waals surface area contributed by atoms with E-state index in [1.807, 2.05) is 90.9 Å². The number of anilines is 1. The number of nitrogens with zero attached hydrogens (tertiary/aromatic N) is 3. The molecule has 1 N–H and O–H groups in total. The number of aromatic nitrogens is 1. The fourth-order valence-corrected chi connectivity index (χ4v) is 5.80. The lowest BCUT2D eigenvalue weighted by atomic mass is 9.89. The standard InChI is InChI=1S/C38H40N3O6/c1-39(2)27-14-17-30-34(22-27)47-35-23-28(40(3)4)15-18-31(35)36(30)29-16-13-25(21-32(29)37(43)44)33(42)12-8-6-7-9-19-41-20-10-11-26(24-41)38(45)46-5/h10-11,13-18,20-24H,6-9,12,19H2,1-5H3/q+1/p+1. The Morgan fingerprint density at radius 2 is 1.66 bits per heavy atom. The summed E-state index contributed by atoms with van der Waals surface area (Å²) in [5.74, 6) is -0.903. The van der Waals surface area contributed by atoms with Crippen LogP contribution in [0.3, 0.4) is 0 Å². The number of hydrogen-bond donors (Lipinski definition) is 1. The number of rotatable bonds is 12. The molecule has 242 valence electrons. The Balaban J connectivity index is 1.36. The maximum atomic E-state index is 13.2. The van der Waals surface area contributed by atoms with Gasteiger partial charge in [0.25, 0.3) is 0 Å². The van der Waals surface area contributed by atoms with Gasteiger partial charge in [0.1, 0.15) is 37.5 Å². The molecule has 2 aliphatic rings. The van der Waals surface area contributed by atoms with Crippen LogP contribution in [0.4, 0.5) is 5.69 Å². The Bertz CT molecular complexity index is 2010. The van der Waals surface area contributed by atoms with Crippen molar-refractivity contribution >= 4 is 34.4 Å². The number of Topliss-reactive ketones (excluding diaryl/α,β-unsaturated/α-hetero) is 1. The molecule has 0 saturated heterocycles. The maximum absolute atomic E-state index is 13.2. The molecule has 2 heterocycles. The SMILES string of the molecule is COC(=O)c1ccc[n+](CCCCCCC(=O)c2ccc(-c3c4ccc(=[N+](C)C)cc-4oc4cc(N(C)C)ccc34)c(C(=O)O)c2)c1. The second-order valence-electron chi connectivity index (χ2n) is 12.1. The molecular formula is C38H41N3O6+2. The molecule has 0 radical (unpaired) electrons. The molecule has 2 aromatic carbocycles. The van der Waals surface area contributed by atoms with E-state index in [1.165, 1.54) is 13.2 Å². The van der Waals surface area contributed by atoms with Crippen LogP contribution in [0.25, 0.3) is 33.4 Å². The van der Waals surface area contributed by atoms with E-state index in [9.17, 15) is 19.5 Å². The van der Waals surface area contributed by atoms with E-state index >= 15 is 0 Å². The van der Waals surface area contributed by atoms with Crippen LogP contribution in [0.1, 0.15) is 63.2 Å². The first kappa shape index (κ1) is 33.1. The summed E-state index contributed by atoms with van der Waals surface area (Å²) in [6, 6.07) is 20.3. The van der Waals surface area contributed by atoms with E-state index in [1.54, 1.807) is 24.4 Å². The normalized spacial score (nSPS) is 11.1. The topological polar surface area (TPSA) is 104 Å². The van der Waals surface area contributed by atoms with Gasteiger partial charge in [0, 0.05) is 72.9 Å². The zero-order valence-corrected chi connectivity index (χ0v) is 27.6.